The number of rotatable bonds is 8. The van der Waals surface area contributed by atoms with Gasteiger partial charge in [-0.25, -0.2) is 0 Å². The number of aryl methyl sites for hydroxylation is 2. The van der Waals surface area contributed by atoms with E-state index in [1.807, 2.05) is 79.9 Å². The summed E-state index contributed by atoms with van der Waals surface area (Å²) in [6, 6.07) is 17.5. The highest BCUT2D eigenvalue weighted by Gasteiger charge is 2.18. The first kappa shape index (κ1) is 22.5. The minimum Gasteiger partial charge on any atom is -0.494 e. The average Bonchev–Trinajstić information content (AvgIpc) is 3.25. The van der Waals surface area contributed by atoms with Gasteiger partial charge in [-0.1, -0.05) is 23.9 Å². The molecule has 0 fully saturated rings. The Bertz CT molecular complexity index is 1240. The van der Waals surface area contributed by atoms with Crippen molar-refractivity contribution in [3.05, 3.63) is 78.1 Å². The third-order valence-corrected chi connectivity index (χ3v) is 5.91. The molecule has 1 N–H and O–H groups in total. The van der Waals surface area contributed by atoms with Crippen molar-refractivity contribution in [2.45, 2.75) is 25.9 Å². The lowest BCUT2D eigenvalue weighted by atomic mass is 10.1. The van der Waals surface area contributed by atoms with E-state index in [2.05, 4.69) is 20.5 Å². The van der Waals surface area contributed by atoms with Crippen LogP contribution in [0, 0.1) is 13.8 Å². The molecule has 0 unspecified atom stereocenters. The van der Waals surface area contributed by atoms with Gasteiger partial charge in [0, 0.05) is 29.3 Å². The highest BCUT2D eigenvalue weighted by atomic mass is 32.2. The lowest BCUT2D eigenvalue weighted by Crippen LogP contribution is -2.15. The second-order valence-corrected chi connectivity index (χ2v) is 8.40. The Labute approximate surface area is 197 Å². The molecule has 0 aliphatic carbocycles. The number of aromatic nitrogens is 4. The first-order valence-electron chi connectivity index (χ1n) is 10.6. The minimum atomic E-state index is -0.0968. The average molecular weight is 460 g/mol. The molecule has 0 atom stereocenters. The summed E-state index contributed by atoms with van der Waals surface area (Å²) in [5.41, 5.74) is 4.72. The van der Waals surface area contributed by atoms with E-state index in [0.717, 1.165) is 33.8 Å². The molecule has 2 aromatic carbocycles. The van der Waals surface area contributed by atoms with E-state index in [4.69, 9.17) is 4.74 Å². The highest BCUT2D eigenvalue weighted by Crippen LogP contribution is 2.29. The predicted octanol–water partition coefficient (Wildman–Crippen LogP) is 5.08. The van der Waals surface area contributed by atoms with Gasteiger partial charge in [0.05, 0.1) is 12.4 Å². The number of hydrogen-bond acceptors (Lipinski definition) is 6. The maximum atomic E-state index is 12.7. The summed E-state index contributed by atoms with van der Waals surface area (Å²) in [5.74, 6) is 1.58. The van der Waals surface area contributed by atoms with Crippen molar-refractivity contribution in [1.29, 1.82) is 0 Å². The molecule has 4 aromatic rings. The molecule has 33 heavy (non-hydrogen) atoms. The molecule has 0 saturated carbocycles. The second-order valence-electron chi connectivity index (χ2n) is 7.46. The number of carbonyl (C=O) groups excluding carboxylic acids is 1. The van der Waals surface area contributed by atoms with E-state index in [-0.39, 0.29) is 11.7 Å². The summed E-state index contributed by atoms with van der Waals surface area (Å²) in [6.45, 7) is 6.54. The predicted molar refractivity (Wildman–Crippen MR) is 131 cm³/mol. The van der Waals surface area contributed by atoms with Gasteiger partial charge < -0.3 is 10.1 Å². The summed E-state index contributed by atoms with van der Waals surface area (Å²) >= 11 is 1.34. The number of nitrogens with zero attached hydrogens (tertiary/aromatic N) is 4. The SMILES string of the molecule is CCOc1ccc(-n2c(SCC(=O)Nc3cc(C)ccc3C)nnc2-c2ccncc2)cc1. The van der Waals surface area contributed by atoms with Crippen molar-refractivity contribution in [2.24, 2.45) is 0 Å². The summed E-state index contributed by atoms with van der Waals surface area (Å²) in [7, 11) is 0. The zero-order valence-electron chi connectivity index (χ0n) is 18.8. The first-order chi connectivity index (χ1) is 16.0. The van der Waals surface area contributed by atoms with Gasteiger partial charge in [-0.05, 0) is 74.4 Å². The van der Waals surface area contributed by atoms with E-state index in [1.54, 1.807) is 12.4 Å². The van der Waals surface area contributed by atoms with Crippen LogP contribution in [0.1, 0.15) is 18.1 Å². The van der Waals surface area contributed by atoms with E-state index in [1.165, 1.54) is 11.8 Å². The Hall–Kier alpha value is -3.65. The van der Waals surface area contributed by atoms with E-state index < -0.39 is 0 Å². The summed E-state index contributed by atoms with van der Waals surface area (Å²) in [6.07, 6.45) is 3.44. The van der Waals surface area contributed by atoms with E-state index >= 15 is 0 Å². The van der Waals surface area contributed by atoms with Crippen molar-refractivity contribution in [1.82, 2.24) is 19.7 Å². The number of pyridine rings is 1. The fourth-order valence-corrected chi connectivity index (χ4v) is 4.08. The van der Waals surface area contributed by atoms with Crippen LogP contribution in [0.15, 0.2) is 72.1 Å². The van der Waals surface area contributed by atoms with Crippen molar-refractivity contribution in [3.63, 3.8) is 0 Å². The molecular formula is C25H25N5O2S. The topological polar surface area (TPSA) is 81.9 Å². The molecule has 0 bridgehead atoms. The normalized spacial score (nSPS) is 10.8. The van der Waals surface area contributed by atoms with Gasteiger partial charge in [0.2, 0.25) is 5.91 Å². The maximum Gasteiger partial charge on any atom is 0.234 e. The molecule has 168 valence electrons. The molecule has 0 aliphatic rings. The molecule has 1 amide bonds. The van der Waals surface area contributed by atoms with Gasteiger partial charge in [-0.3, -0.25) is 14.3 Å². The van der Waals surface area contributed by atoms with Crippen LogP contribution in [0.4, 0.5) is 5.69 Å². The Morgan fingerprint density at radius 3 is 2.52 bits per heavy atom. The largest absolute Gasteiger partial charge is 0.494 e. The van der Waals surface area contributed by atoms with E-state index in [0.29, 0.717) is 17.6 Å². The van der Waals surface area contributed by atoms with Crippen LogP contribution in [-0.2, 0) is 4.79 Å². The molecule has 2 heterocycles. The van der Waals surface area contributed by atoms with Gasteiger partial charge in [0.25, 0.3) is 0 Å². The standard InChI is InChI=1S/C25H25N5O2S/c1-4-32-21-9-7-20(8-10-21)30-24(19-11-13-26-14-12-19)28-29-25(30)33-16-23(31)27-22-15-17(2)5-6-18(22)3/h5-15H,4,16H2,1-3H3,(H,27,31). The number of thioether (sulfide) groups is 1. The number of ether oxygens (including phenoxy) is 1. The summed E-state index contributed by atoms with van der Waals surface area (Å²) < 4.78 is 7.52. The summed E-state index contributed by atoms with van der Waals surface area (Å²) in [4.78, 5) is 16.8. The van der Waals surface area contributed by atoms with Crippen LogP contribution >= 0.6 is 11.8 Å². The Morgan fingerprint density at radius 1 is 1.03 bits per heavy atom. The number of benzene rings is 2. The van der Waals surface area contributed by atoms with Gasteiger partial charge >= 0.3 is 0 Å². The number of anilines is 1. The summed E-state index contributed by atoms with van der Waals surface area (Å²) in [5, 5.41) is 12.4. The second kappa shape index (κ2) is 10.3. The molecule has 0 saturated heterocycles. The third-order valence-electron chi connectivity index (χ3n) is 4.98. The van der Waals surface area contributed by atoms with Crippen LogP contribution in [-0.4, -0.2) is 38.0 Å². The van der Waals surface area contributed by atoms with E-state index in [9.17, 15) is 4.79 Å². The molecule has 7 nitrogen and oxygen atoms in total. The van der Waals surface area contributed by atoms with Gasteiger partial charge in [0.1, 0.15) is 5.75 Å². The van der Waals surface area contributed by atoms with Crippen LogP contribution in [0.5, 0.6) is 5.75 Å². The zero-order valence-corrected chi connectivity index (χ0v) is 19.6. The van der Waals surface area contributed by atoms with Gasteiger partial charge in [-0.2, -0.15) is 0 Å². The lowest BCUT2D eigenvalue weighted by Gasteiger charge is -2.12. The van der Waals surface area contributed by atoms with Crippen molar-refractivity contribution in [2.75, 3.05) is 17.7 Å². The Balaban J connectivity index is 1.59. The fraction of sp³-hybridized carbons (Fsp3) is 0.200. The Morgan fingerprint density at radius 2 is 1.79 bits per heavy atom. The van der Waals surface area contributed by atoms with Gasteiger partial charge in [-0.15, -0.1) is 10.2 Å². The van der Waals surface area contributed by atoms with Crippen molar-refractivity contribution < 1.29 is 9.53 Å². The number of amides is 1. The number of hydrogen-bond donors (Lipinski definition) is 1. The molecule has 8 heteroatoms. The van der Waals surface area contributed by atoms with Crippen LogP contribution < -0.4 is 10.1 Å². The molecule has 0 spiro atoms. The lowest BCUT2D eigenvalue weighted by molar-refractivity contribution is -0.113. The van der Waals surface area contributed by atoms with Crippen LogP contribution in [0.25, 0.3) is 17.1 Å². The Kier molecular flexibility index (Phi) is 7.04. The van der Waals surface area contributed by atoms with Crippen molar-refractivity contribution >= 4 is 23.4 Å². The monoisotopic (exact) mass is 459 g/mol. The molecule has 2 aromatic heterocycles. The number of nitrogens with one attached hydrogen (secondary N) is 1. The smallest absolute Gasteiger partial charge is 0.234 e. The maximum absolute atomic E-state index is 12.7. The number of carbonyl (C=O) groups is 1. The highest BCUT2D eigenvalue weighted by molar-refractivity contribution is 7.99. The first-order valence-corrected chi connectivity index (χ1v) is 11.6. The quantitative estimate of drug-likeness (QED) is 0.370. The van der Waals surface area contributed by atoms with Crippen LogP contribution in [0.2, 0.25) is 0 Å². The van der Waals surface area contributed by atoms with Crippen LogP contribution in [0.3, 0.4) is 0 Å². The van der Waals surface area contributed by atoms with Crippen molar-refractivity contribution in [3.8, 4) is 22.8 Å². The molecule has 0 aliphatic heterocycles. The zero-order chi connectivity index (χ0) is 23.2. The van der Waals surface area contributed by atoms with Gasteiger partial charge in [0.15, 0.2) is 11.0 Å². The molecule has 0 radical (unpaired) electrons. The molecular weight excluding hydrogens is 434 g/mol. The molecule has 4 rings (SSSR count). The fourth-order valence-electron chi connectivity index (χ4n) is 3.33. The third kappa shape index (κ3) is 5.40. The minimum absolute atomic E-state index is 0.0968.